The Hall–Kier alpha value is -5.66. The first-order valence-corrected chi connectivity index (χ1v) is 16.8. The molecule has 4 aromatic rings. The summed E-state index contributed by atoms with van der Waals surface area (Å²) in [4.78, 5) is 68.3. The topological polar surface area (TPSA) is 175 Å². The molecule has 4 heterocycles. The Bertz CT molecular complexity index is 1820. The van der Waals surface area contributed by atoms with E-state index >= 15 is 0 Å². The van der Waals surface area contributed by atoms with Crippen molar-refractivity contribution < 1.29 is 28.7 Å². The number of rotatable bonds is 9. The van der Waals surface area contributed by atoms with E-state index in [0.717, 1.165) is 71.0 Å². The number of hydrogen-bond donors (Lipinski definition) is 4. The van der Waals surface area contributed by atoms with E-state index in [1.54, 1.807) is 22.2 Å². The van der Waals surface area contributed by atoms with E-state index in [2.05, 4.69) is 71.2 Å². The Morgan fingerprint density at radius 3 is 1.66 bits per heavy atom. The molecule has 0 bridgehead atoms. The molecule has 14 heteroatoms. The average molecular weight is 683 g/mol. The number of methoxy groups -OCH3 is 2. The summed E-state index contributed by atoms with van der Waals surface area (Å²) in [5.41, 5.74) is 5.78. The maximum atomic E-state index is 13.0. The van der Waals surface area contributed by atoms with Gasteiger partial charge in [0.15, 0.2) is 0 Å². The van der Waals surface area contributed by atoms with Gasteiger partial charge >= 0.3 is 12.2 Å². The van der Waals surface area contributed by atoms with Crippen LogP contribution >= 0.6 is 0 Å². The largest absolute Gasteiger partial charge is 0.453 e. The zero-order chi connectivity index (χ0) is 35.2. The van der Waals surface area contributed by atoms with Gasteiger partial charge in [0.25, 0.3) is 0 Å². The summed E-state index contributed by atoms with van der Waals surface area (Å²) in [7, 11) is 2.53. The van der Waals surface area contributed by atoms with E-state index < -0.39 is 12.2 Å². The monoisotopic (exact) mass is 682 g/mol. The van der Waals surface area contributed by atoms with Crippen molar-refractivity contribution in [1.29, 1.82) is 0 Å². The van der Waals surface area contributed by atoms with Crippen LogP contribution < -0.4 is 10.6 Å². The van der Waals surface area contributed by atoms with Gasteiger partial charge in [-0.05, 0) is 53.9 Å². The third-order valence-electron chi connectivity index (χ3n) is 9.40. The maximum absolute atomic E-state index is 13.0. The fourth-order valence-corrected chi connectivity index (χ4v) is 6.69. The Kier molecular flexibility index (Phi) is 10.4. The minimum absolute atomic E-state index is 0.123. The van der Waals surface area contributed by atoms with E-state index in [1.165, 1.54) is 14.2 Å². The number of nitrogens with zero attached hydrogens (tertiary/aromatic N) is 4. The van der Waals surface area contributed by atoms with E-state index in [9.17, 15) is 19.2 Å². The Labute approximate surface area is 290 Å². The quantitative estimate of drug-likeness (QED) is 0.195. The number of amides is 4. The summed E-state index contributed by atoms with van der Waals surface area (Å²) in [5.74, 6) is 1.45. The van der Waals surface area contributed by atoms with E-state index in [-0.39, 0.29) is 37.0 Å². The number of hydrogen-bond acceptors (Lipinski definition) is 8. The second-order valence-electron chi connectivity index (χ2n) is 12.7. The van der Waals surface area contributed by atoms with Crippen molar-refractivity contribution in [3.8, 4) is 33.6 Å². The number of H-pyrrole nitrogens is 2. The highest BCUT2D eigenvalue weighted by Crippen LogP contribution is 2.34. The molecule has 2 aromatic carbocycles. The van der Waals surface area contributed by atoms with Crippen LogP contribution in [0.5, 0.6) is 0 Å². The molecule has 1 unspecified atom stereocenters. The molecule has 2 aliphatic rings. The van der Waals surface area contributed by atoms with Gasteiger partial charge < -0.3 is 39.9 Å². The number of carbonyl (C=O) groups excluding carboxylic acids is 4. The summed E-state index contributed by atoms with van der Waals surface area (Å²) in [6.45, 7) is 3.06. The summed E-state index contributed by atoms with van der Waals surface area (Å²) < 4.78 is 9.18. The highest BCUT2D eigenvalue weighted by molar-refractivity contribution is 5.83. The highest BCUT2D eigenvalue weighted by Gasteiger charge is 2.34. The fraction of sp³-hybridized carbons (Fsp3) is 0.389. The van der Waals surface area contributed by atoms with Crippen LogP contribution in [0.1, 0.15) is 56.3 Å². The minimum atomic E-state index is -0.638. The lowest BCUT2D eigenvalue weighted by Crippen LogP contribution is -2.46. The number of imidazole rings is 2. The molecule has 4 amide bonds. The van der Waals surface area contributed by atoms with Crippen molar-refractivity contribution in [2.45, 2.75) is 44.7 Å². The van der Waals surface area contributed by atoms with E-state index in [4.69, 9.17) is 0 Å². The molecule has 2 aromatic heterocycles. The predicted molar refractivity (Wildman–Crippen MR) is 184 cm³/mol. The molecule has 2 fully saturated rings. The molecule has 0 spiro atoms. The molecule has 50 heavy (non-hydrogen) atoms. The maximum Gasteiger partial charge on any atom is 0.407 e. The number of likely N-dealkylation sites (tertiary alicyclic amines) is 2. The van der Waals surface area contributed by atoms with Crippen molar-refractivity contribution >= 4 is 24.0 Å². The number of benzene rings is 2. The summed E-state index contributed by atoms with van der Waals surface area (Å²) >= 11 is 0. The number of aromatic nitrogens is 4. The van der Waals surface area contributed by atoms with E-state index in [0.29, 0.717) is 19.0 Å². The molecular weight excluding hydrogens is 640 g/mol. The molecule has 262 valence electrons. The van der Waals surface area contributed by atoms with Gasteiger partial charge in [0.2, 0.25) is 11.8 Å². The van der Waals surface area contributed by atoms with Gasteiger partial charge in [-0.25, -0.2) is 19.6 Å². The number of aromatic amines is 2. The molecule has 2 aliphatic heterocycles. The van der Waals surface area contributed by atoms with Crippen molar-refractivity contribution in [3.05, 3.63) is 72.6 Å². The van der Waals surface area contributed by atoms with Crippen LogP contribution in [-0.4, -0.2) is 94.1 Å². The zero-order valence-electron chi connectivity index (χ0n) is 28.4. The number of carbonyl (C=O) groups is 4. The van der Waals surface area contributed by atoms with E-state index in [1.807, 2.05) is 24.3 Å². The van der Waals surface area contributed by atoms with Gasteiger partial charge in [-0.15, -0.1) is 0 Å². The molecule has 3 atom stereocenters. The SMILES string of the molecule is COC(=O)NCC(=O)N1C[C@@H](C)CCC1c1ncc(-c2ccc(-c3ccc(-c4cnc([C@@H]5CCCN5C(=O)CNC(=O)OC)[nH]4)cc3)cc2)[nH]1. The second kappa shape index (κ2) is 15.3. The Morgan fingerprint density at radius 1 is 0.700 bits per heavy atom. The number of alkyl carbamates (subject to hydrolysis) is 2. The van der Waals surface area contributed by atoms with Gasteiger partial charge in [0.1, 0.15) is 24.7 Å². The first-order chi connectivity index (χ1) is 24.2. The van der Waals surface area contributed by atoms with Gasteiger partial charge in [0.05, 0.1) is 50.1 Å². The number of nitrogens with one attached hydrogen (secondary N) is 4. The van der Waals surface area contributed by atoms with Crippen molar-refractivity contribution in [3.63, 3.8) is 0 Å². The summed E-state index contributed by atoms with van der Waals surface area (Å²) in [6.07, 6.45) is 5.71. The van der Waals surface area contributed by atoms with Crippen LogP contribution in [0.25, 0.3) is 33.6 Å². The zero-order valence-corrected chi connectivity index (χ0v) is 28.4. The van der Waals surface area contributed by atoms with Gasteiger partial charge in [-0.3, -0.25) is 9.59 Å². The molecule has 0 radical (unpaired) electrons. The Balaban J connectivity index is 1.09. The summed E-state index contributed by atoms with van der Waals surface area (Å²) in [6, 6.07) is 16.0. The minimum Gasteiger partial charge on any atom is -0.453 e. The average Bonchev–Trinajstić information content (AvgIpc) is 3.94. The van der Waals surface area contributed by atoms with Crippen molar-refractivity contribution in [1.82, 2.24) is 40.4 Å². The van der Waals surface area contributed by atoms with Crippen molar-refractivity contribution in [2.24, 2.45) is 5.92 Å². The van der Waals surface area contributed by atoms with Crippen LogP contribution in [0.2, 0.25) is 0 Å². The van der Waals surface area contributed by atoms with Crippen LogP contribution in [0.15, 0.2) is 60.9 Å². The standard InChI is InChI=1S/C36H42N8O6/c1-22-6-15-30(44(21-22)32(46)20-40-36(48)50-3)34-38-18-28(42-34)26-13-9-24(10-14-26)23-7-11-25(12-8-23)27-17-37-33(41-27)29-5-4-16-43(29)31(45)19-39-35(47)49-2/h7-14,17-18,22,29-30H,4-6,15-16,19-21H2,1-3H3,(H,37,41)(H,38,42)(H,39,47)(H,40,48)/t22-,29-,30?/m0/s1. The highest BCUT2D eigenvalue weighted by atomic mass is 16.5. The molecule has 4 N–H and O–H groups in total. The van der Waals surface area contributed by atoms with Crippen LogP contribution in [0.4, 0.5) is 9.59 Å². The molecule has 0 aliphatic carbocycles. The van der Waals surface area contributed by atoms with Crippen molar-refractivity contribution in [2.75, 3.05) is 40.4 Å². The molecule has 6 rings (SSSR count). The molecule has 2 saturated heterocycles. The number of piperidine rings is 1. The normalized spacial score (nSPS) is 18.8. The lowest BCUT2D eigenvalue weighted by molar-refractivity contribution is -0.135. The predicted octanol–water partition coefficient (Wildman–Crippen LogP) is 4.81. The smallest absolute Gasteiger partial charge is 0.407 e. The first kappa shape index (κ1) is 34.2. The molecule has 14 nitrogen and oxygen atoms in total. The first-order valence-electron chi connectivity index (χ1n) is 16.8. The van der Waals surface area contributed by atoms with Crippen LogP contribution in [0.3, 0.4) is 0 Å². The lowest BCUT2D eigenvalue weighted by Gasteiger charge is -2.37. The van der Waals surface area contributed by atoms with Gasteiger partial charge in [-0.2, -0.15) is 0 Å². The molecular formula is C36H42N8O6. The molecule has 0 saturated carbocycles. The lowest BCUT2D eigenvalue weighted by atomic mass is 9.93. The second-order valence-corrected chi connectivity index (χ2v) is 12.7. The number of ether oxygens (including phenoxy) is 2. The van der Waals surface area contributed by atoms with Crippen LogP contribution in [-0.2, 0) is 19.1 Å². The third-order valence-corrected chi connectivity index (χ3v) is 9.40. The fourth-order valence-electron chi connectivity index (χ4n) is 6.69. The summed E-state index contributed by atoms with van der Waals surface area (Å²) in [5, 5.41) is 4.95. The van der Waals surface area contributed by atoms with Gasteiger partial charge in [0, 0.05) is 13.1 Å². The third kappa shape index (κ3) is 7.64. The Morgan fingerprint density at radius 2 is 1.16 bits per heavy atom. The van der Waals surface area contributed by atoms with Crippen LogP contribution in [0, 0.1) is 5.92 Å². The van der Waals surface area contributed by atoms with Gasteiger partial charge in [-0.1, -0.05) is 55.5 Å².